The third-order valence-corrected chi connectivity index (χ3v) is 2.48. The zero-order valence-corrected chi connectivity index (χ0v) is 9.60. The van der Waals surface area contributed by atoms with Gasteiger partial charge in [-0.15, -0.1) is 0 Å². The minimum Gasteiger partial charge on any atom is -0.478 e. The number of benzene rings is 1. The van der Waals surface area contributed by atoms with Crippen molar-refractivity contribution >= 4 is 17.6 Å². The van der Waals surface area contributed by atoms with Crippen LogP contribution in [0.1, 0.15) is 26.3 Å². The van der Waals surface area contributed by atoms with E-state index in [1.54, 1.807) is 19.1 Å². The normalized spacial score (nSPS) is 10.1. The number of rotatable bonds is 3. The first-order valence-corrected chi connectivity index (χ1v) is 5.22. The van der Waals surface area contributed by atoms with Crippen LogP contribution in [0, 0.1) is 6.92 Å². The molecule has 0 aliphatic rings. The first-order valence-electron chi connectivity index (χ1n) is 5.22. The summed E-state index contributed by atoms with van der Waals surface area (Å²) in [5.74, 6) is -1.29. The number of amides is 1. The number of carbonyl (C=O) groups is 2. The van der Waals surface area contributed by atoms with E-state index in [1.165, 1.54) is 18.5 Å². The predicted octanol–water partition coefficient (Wildman–Crippen LogP) is 1.67. The van der Waals surface area contributed by atoms with E-state index in [-0.39, 0.29) is 11.5 Å². The molecule has 2 rings (SSSR count). The van der Waals surface area contributed by atoms with Crippen molar-refractivity contribution in [1.82, 2.24) is 10.2 Å². The van der Waals surface area contributed by atoms with Gasteiger partial charge in [0.15, 0.2) is 0 Å². The monoisotopic (exact) mass is 245 g/mol. The molecule has 1 heterocycles. The zero-order chi connectivity index (χ0) is 13.1. The molecule has 6 heteroatoms. The third-order valence-electron chi connectivity index (χ3n) is 2.48. The Bertz CT molecular complexity index is 591. The molecule has 6 nitrogen and oxygen atoms in total. The summed E-state index contributed by atoms with van der Waals surface area (Å²) in [6.45, 7) is 1.68. The van der Waals surface area contributed by atoms with E-state index in [0.717, 1.165) is 0 Å². The van der Waals surface area contributed by atoms with Gasteiger partial charge in [-0.25, -0.2) is 4.79 Å². The number of nitrogens with one attached hydrogen (secondary N) is 2. The maximum Gasteiger partial charge on any atom is 0.335 e. The summed E-state index contributed by atoms with van der Waals surface area (Å²) < 4.78 is 0. The summed E-state index contributed by atoms with van der Waals surface area (Å²) in [7, 11) is 0. The molecule has 0 aliphatic carbocycles. The molecule has 1 aromatic carbocycles. The number of carboxylic acids is 1. The Hall–Kier alpha value is -2.63. The molecule has 18 heavy (non-hydrogen) atoms. The molecular formula is C12H11N3O3. The standard InChI is InChI=1S/C12H11N3O3/c1-7-4-9(2-3-10(7)12(17)18)15-11(16)8-5-13-14-6-8/h2-6H,1H3,(H,13,14)(H,15,16)(H,17,18). The van der Waals surface area contributed by atoms with Crippen LogP contribution in [0.4, 0.5) is 5.69 Å². The molecule has 0 radical (unpaired) electrons. The summed E-state index contributed by atoms with van der Waals surface area (Å²) in [5, 5.41) is 17.8. The number of aromatic nitrogens is 2. The van der Waals surface area contributed by atoms with Gasteiger partial charge in [-0.1, -0.05) is 0 Å². The van der Waals surface area contributed by atoms with E-state index in [4.69, 9.17) is 5.11 Å². The Labute approximate surface area is 103 Å². The highest BCUT2D eigenvalue weighted by Crippen LogP contribution is 2.16. The van der Waals surface area contributed by atoms with Gasteiger partial charge in [-0.2, -0.15) is 5.10 Å². The van der Waals surface area contributed by atoms with Crippen molar-refractivity contribution in [1.29, 1.82) is 0 Å². The SMILES string of the molecule is Cc1cc(NC(=O)c2cn[nH]c2)ccc1C(=O)O. The quantitative estimate of drug-likeness (QED) is 0.766. The smallest absolute Gasteiger partial charge is 0.335 e. The van der Waals surface area contributed by atoms with Crippen molar-refractivity contribution in [3.05, 3.63) is 47.3 Å². The Kier molecular flexibility index (Phi) is 3.09. The molecule has 0 atom stereocenters. The van der Waals surface area contributed by atoms with E-state index in [1.807, 2.05) is 0 Å². The number of anilines is 1. The number of aromatic amines is 1. The van der Waals surface area contributed by atoms with E-state index >= 15 is 0 Å². The number of hydrogen-bond acceptors (Lipinski definition) is 3. The van der Waals surface area contributed by atoms with Crippen molar-refractivity contribution < 1.29 is 14.7 Å². The first-order chi connectivity index (χ1) is 8.58. The summed E-state index contributed by atoms with van der Waals surface area (Å²) in [6.07, 6.45) is 2.89. The summed E-state index contributed by atoms with van der Waals surface area (Å²) in [6, 6.07) is 4.62. The Morgan fingerprint density at radius 2 is 2.17 bits per heavy atom. The van der Waals surface area contributed by atoms with Crippen molar-refractivity contribution in [2.24, 2.45) is 0 Å². The van der Waals surface area contributed by atoms with Crippen LogP contribution in [-0.2, 0) is 0 Å². The van der Waals surface area contributed by atoms with Gasteiger partial charge >= 0.3 is 5.97 Å². The Morgan fingerprint density at radius 3 is 2.72 bits per heavy atom. The van der Waals surface area contributed by atoms with Crippen LogP contribution in [0.15, 0.2) is 30.6 Å². The second kappa shape index (κ2) is 4.70. The van der Waals surface area contributed by atoms with Gasteiger partial charge in [0.2, 0.25) is 0 Å². The van der Waals surface area contributed by atoms with Crippen LogP contribution in [0.2, 0.25) is 0 Å². The molecule has 0 fully saturated rings. The van der Waals surface area contributed by atoms with Gasteiger partial charge in [-0.3, -0.25) is 9.89 Å². The Balaban J connectivity index is 2.18. The van der Waals surface area contributed by atoms with Crippen molar-refractivity contribution in [2.75, 3.05) is 5.32 Å². The van der Waals surface area contributed by atoms with Crippen molar-refractivity contribution in [3.8, 4) is 0 Å². The first kappa shape index (κ1) is 11.8. The fraction of sp³-hybridized carbons (Fsp3) is 0.0833. The molecule has 2 aromatic rings. The van der Waals surface area contributed by atoms with Gasteiger partial charge in [0, 0.05) is 11.9 Å². The van der Waals surface area contributed by atoms with Gasteiger partial charge < -0.3 is 10.4 Å². The maximum atomic E-state index is 11.7. The lowest BCUT2D eigenvalue weighted by molar-refractivity contribution is 0.0696. The average Bonchev–Trinajstić information content (AvgIpc) is 2.81. The number of carboxylic acid groups (broad SMARTS) is 1. The molecule has 1 amide bonds. The molecule has 3 N–H and O–H groups in total. The molecule has 0 saturated heterocycles. The summed E-state index contributed by atoms with van der Waals surface area (Å²) >= 11 is 0. The van der Waals surface area contributed by atoms with Gasteiger partial charge in [0.05, 0.1) is 17.3 Å². The number of aryl methyl sites for hydroxylation is 1. The number of aromatic carboxylic acids is 1. The lowest BCUT2D eigenvalue weighted by Crippen LogP contribution is -2.11. The second-order valence-electron chi connectivity index (χ2n) is 3.78. The highest BCUT2D eigenvalue weighted by atomic mass is 16.4. The van der Waals surface area contributed by atoms with Gasteiger partial charge in [0.1, 0.15) is 0 Å². The third kappa shape index (κ3) is 2.37. The highest BCUT2D eigenvalue weighted by Gasteiger charge is 2.10. The van der Waals surface area contributed by atoms with Crippen molar-refractivity contribution in [3.63, 3.8) is 0 Å². The van der Waals surface area contributed by atoms with Crippen LogP contribution in [-0.4, -0.2) is 27.2 Å². The van der Waals surface area contributed by atoms with E-state index < -0.39 is 5.97 Å². The zero-order valence-electron chi connectivity index (χ0n) is 9.60. The average molecular weight is 245 g/mol. The predicted molar refractivity (Wildman–Crippen MR) is 64.7 cm³/mol. The molecular weight excluding hydrogens is 234 g/mol. The van der Waals surface area contributed by atoms with Crippen LogP contribution in [0.5, 0.6) is 0 Å². The Morgan fingerprint density at radius 1 is 1.39 bits per heavy atom. The molecule has 0 aliphatic heterocycles. The minimum absolute atomic E-state index is 0.219. The fourth-order valence-electron chi connectivity index (χ4n) is 1.56. The van der Waals surface area contributed by atoms with Crippen LogP contribution in [0.25, 0.3) is 0 Å². The lowest BCUT2D eigenvalue weighted by atomic mass is 10.1. The minimum atomic E-state index is -0.986. The van der Waals surface area contributed by atoms with E-state index in [9.17, 15) is 9.59 Å². The topological polar surface area (TPSA) is 95.1 Å². The fourth-order valence-corrected chi connectivity index (χ4v) is 1.56. The molecule has 0 spiro atoms. The van der Waals surface area contributed by atoms with E-state index in [2.05, 4.69) is 15.5 Å². The molecule has 0 unspecified atom stereocenters. The molecule has 0 bridgehead atoms. The summed E-state index contributed by atoms with van der Waals surface area (Å²) in [4.78, 5) is 22.6. The number of carbonyl (C=O) groups excluding carboxylic acids is 1. The van der Waals surface area contributed by atoms with Gasteiger partial charge in [-0.05, 0) is 30.7 Å². The van der Waals surface area contributed by atoms with Crippen molar-refractivity contribution in [2.45, 2.75) is 6.92 Å². The lowest BCUT2D eigenvalue weighted by Gasteiger charge is -2.06. The highest BCUT2D eigenvalue weighted by molar-refractivity contribution is 6.04. The number of H-pyrrole nitrogens is 1. The van der Waals surface area contributed by atoms with Crippen LogP contribution in [0.3, 0.4) is 0 Å². The second-order valence-corrected chi connectivity index (χ2v) is 3.78. The molecule has 92 valence electrons. The van der Waals surface area contributed by atoms with Gasteiger partial charge in [0.25, 0.3) is 5.91 Å². The number of nitrogens with zero attached hydrogens (tertiary/aromatic N) is 1. The van der Waals surface area contributed by atoms with Crippen LogP contribution >= 0.6 is 0 Å². The largest absolute Gasteiger partial charge is 0.478 e. The number of hydrogen-bond donors (Lipinski definition) is 3. The molecule has 0 saturated carbocycles. The maximum absolute atomic E-state index is 11.7. The molecule has 1 aromatic heterocycles. The van der Waals surface area contributed by atoms with Crippen LogP contribution < -0.4 is 5.32 Å². The van der Waals surface area contributed by atoms with E-state index in [0.29, 0.717) is 16.8 Å². The summed E-state index contributed by atoms with van der Waals surface area (Å²) in [5.41, 5.74) is 1.77.